The molecule has 2 aromatic carbocycles. The predicted molar refractivity (Wildman–Crippen MR) is 140 cm³/mol. The Morgan fingerprint density at radius 1 is 0.897 bits per heavy atom. The Labute approximate surface area is 226 Å². The molecule has 0 spiro atoms. The first kappa shape index (κ1) is 27.6. The number of benzene rings is 2. The third-order valence-electron chi connectivity index (χ3n) is 6.43. The van der Waals surface area contributed by atoms with E-state index < -0.39 is 47.6 Å². The lowest BCUT2D eigenvalue weighted by molar-refractivity contribution is 0.0478. The van der Waals surface area contributed by atoms with Crippen LogP contribution < -0.4 is 16.2 Å². The molecule has 0 radical (unpaired) electrons. The van der Waals surface area contributed by atoms with Crippen molar-refractivity contribution in [3.05, 3.63) is 70.8 Å². The number of rotatable bonds is 5. The van der Waals surface area contributed by atoms with E-state index in [0.29, 0.717) is 12.8 Å². The van der Waals surface area contributed by atoms with Gasteiger partial charge in [-0.1, -0.05) is 43.2 Å². The lowest BCUT2D eigenvalue weighted by atomic mass is 9.89. The molecule has 2 aromatic rings. The summed E-state index contributed by atoms with van der Waals surface area (Å²) < 4.78 is 10.4. The fraction of sp³-hybridized carbons (Fsp3) is 0.393. The standard InChI is InChI=1S/C28H32N4O7/c1-28(2,3)39-27(37)31-30-23(33)18-13-14-19-20(15-18)25(35)32(24(19)34)22-12-8-7-11-21(22)29-26(36)38-16-17-9-5-4-6-10-17/h4-6,9-10,13-15,21-22H,7-8,11-12,16H2,1-3H3,(H,29,36)(H,30,33)(H,31,37)/t21-,22-/m1/s1. The molecule has 0 bridgehead atoms. The van der Waals surface area contributed by atoms with Gasteiger partial charge in [-0.15, -0.1) is 0 Å². The molecule has 206 valence electrons. The second-order valence-electron chi connectivity index (χ2n) is 10.5. The number of imide groups is 1. The molecular weight excluding hydrogens is 504 g/mol. The smallest absolute Gasteiger partial charge is 0.426 e. The third-order valence-corrected chi connectivity index (χ3v) is 6.43. The van der Waals surface area contributed by atoms with Crippen LogP contribution in [-0.4, -0.2) is 52.5 Å². The van der Waals surface area contributed by atoms with Crippen LogP contribution >= 0.6 is 0 Å². The van der Waals surface area contributed by atoms with Crippen LogP contribution in [0.25, 0.3) is 0 Å². The maximum Gasteiger partial charge on any atom is 0.426 e. The van der Waals surface area contributed by atoms with E-state index in [1.807, 2.05) is 30.3 Å². The van der Waals surface area contributed by atoms with Gasteiger partial charge in [0.05, 0.1) is 23.2 Å². The summed E-state index contributed by atoms with van der Waals surface area (Å²) >= 11 is 0. The highest BCUT2D eigenvalue weighted by Gasteiger charge is 2.44. The fourth-order valence-corrected chi connectivity index (χ4v) is 4.69. The zero-order chi connectivity index (χ0) is 28.2. The van der Waals surface area contributed by atoms with Gasteiger partial charge in [0.25, 0.3) is 17.7 Å². The number of amides is 5. The van der Waals surface area contributed by atoms with Crippen LogP contribution in [0.3, 0.4) is 0 Å². The Balaban J connectivity index is 1.42. The molecule has 39 heavy (non-hydrogen) atoms. The van der Waals surface area contributed by atoms with Gasteiger partial charge in [0.2, 0.25) is 0 Å². The molecule has 2 aliphatic rings. The van der Waals surface area contributed by atoms with Gasteiger partial charge in [-0.05, 0) is 57.4 Å². The number of nitrogens with zero attached hydrogens (tertiary/aromatic N) is 1. The van der Waals surface area contributed by atoms with Gasteiger partial charge in [-0.2, -0.15) is 0 Å². The number of hydrogen-bond acceptors (Lipinski definition) is 7. The summed E-state index contributed by atoms with van der Waals surface area (Å²) in [6.45, 7) is 5.15. The summed E-state index contributed by atoms with van der Waals surface area (Å²) in [5, 5.41) is 2.83. The van der Waals surface area contributed by atoms with Gasteiger partial charge in [0.1, 0.15) is 12.2 Å². The van der Waals surface area contributed by atoms with Crippen molar-refractivity contribution >= 4 is 29.9 Å². The molecule has 4 rings (SSSR count). The minimum atomic E-state index is -0.840. The second kappa shape index (κ2) is 11.5. The number of hydrazine groups is 1. The van der Waals surface area contributed by atoms with Crippen molar-refractivity contribution in [2.24, 2.45) is 0 Å². The van der Waals surface area contributed by atoms with Crippen LogP contribution in [0.15, 0.2) is 48.5 Å². The third kappa shape index (κ3) is 6.73. The molecule has 1 fully saturated rings. The number of nitrogens with one attached hydrogen (secondary N) is 3. The normalized spacial score (nSPS) is 18.7. The van der Waals surface area contributed by atoms with E-state index in [4.69, 9.17) is 9.47 Å². The Hall–Kier alpha value is -4.41. The molecule has 11 nitrogen and oxygen atoms in total. The van der Waals surface area contributed by atoms with E-state index in [1.165, 1.54) is 23.1 Å². The van der Waals surface area contributed by atoms with E-state index in [0.717, 1.165) is 18.4 Å². The Bertz CT molecular complexity index is 1270. The topological polar surface area (TPSA) is 143 Å². The van der Waals surface area contributed by atoms with Crippen molar-refractivity contribution in [1.82, 2.24) is 21.1 Å². The number of carbonyl (C=O) groups is 5. The molecule has 1 aliphatic carbocycles. The summed E-state index contributed by atoms with van der Waals surface area (Å²) in [6.07, 6.45) is 1.28. The Morgan fingerprint density at radius 3 is 2.31 bits per heavy atom. The Kier molecular flexibility index (Phi) is 8.18. The van der Waals surface area contributed by atoms with E-state index >= 15 is 0 Å². The van der Waals surface area contributed by atoms with Gasteiger partial charge in [-0.25, -0.2) is 15.0 Å². The van der Waals surface area contributed by atoms with Crippen molar-refractivity contribution in [2.45, 2.75) is 70.7 Å². The quantitative estimate of drug-likeness (QED) is 0.391. The fourth-order valence-electron chi connectivity index (χ4n) is 4.69. The molecule has 0 saturated heterocycles. The largest absolute Gasteiger partial charge is 0.445 e. The molecular formula is C28H32N4O7. The maximum absolute atomic E-state index is 13.4. The summed E-state index contributed by atoms with van der Waals surface area (Å²) in [5.74, 6) is -1.70. The van der Waals surface area contributed by atoms with E-state index in [1.54, 1.807) is 20.8 Å². The molecule has 0 unspecified atom stereocenters. The van der Waals surface area contributed by atoms with E-state index in [2.05, 4.69) is 16.2 Å². The van der Waals surface area contributed by atoms with Crippen LogP contribution in [0.1, 0.15) is 83.1 Å². The van der Waals surface area contributed by atoms with Gasteiger partial charge < -0.3 is 14.8 Å². The van der Waals surface area contributed by atoms with Crippen molar-refractivity contribution < 1.29 is 33.4 Å². The van der Waals surface area contributed by atoms with Gasteiger partial charge >= 0.3 is 12.2 Å². The van der Waals surface area contributed by atoms with Gasteiger partial charge in [0.15, 0.2) is 0 Å². The zero-order valence-electron chi connectivity index (χ0n) is 22.1. The number of ether oxygens (including phenoxy) is 2. The highest BCUT2D eigenvalue weighted by Crippen LogP contribution is 2.32. The number of fused-ring (bicyclic) bond motifs is 1. The van der Waals surface area contributed by atoms with Crippen LogP contribution in [0, 0.1) is 0 Å². The number of alkyl carbamates (subject to hydrolysis) is 1. The number of carbonyl (C=O) groups excluding carboxylic acids is 5. The number of hydrogen-bond donors (Lipinski definition) is 3. The average Bonchev–Trinajstić information content (AvgIpc) is 3.15. The highest BCUT2D eigenvalue weighted by molar-refractivity contribution is 6.22. The van der Waals surface area contributed by atoms with Crippen molar-refractivity contribution in [2.75, 3.05) is 0 Å². The summed E-state index contributed by atoms with van der Waals surface area (Å²) in [7, 11) is 0. The van der Waals surface area contributed by atoms with Crippen LogP contribution in [0.4, 0.5) is 9.59 Å². The highest BCUT2D eigenvalue weighted by atomic mass is 16.6. The van der Waals surface area contributed by atoms with E-state index in [9.17, 15) is 24.0 Å². The zero-order valence-corrected chi connectivity index (χ0v) is 22.1. The van der Waals surface area contributed by atoms with Crippen molar-refractivity contribution in [3.63, 3.8) is 0 Å². The molecule has 1 heterocycles. The first-order chi connectivity index (χ1) is 18.5. The molecule has 0 aromatic heterocycles. The Morgan fingerprint density at radius 2 is 1.59 bits per heavy atom. The minimum absolute atomic E-state index is 0.0793. The molecule has 3 N–H and O–H groups in total. The monoisotopic (exact) mass is 536 g/mol. The summed E-state index contributed by atoms with van der Waals surface area (Å²) in [4.78, 5) is 64.7. The van der Waals surface area contributed by atoms with E-state index in [-0.39, 0.29) is 23.3 Å². The average molecular weight is 537 g/mol. The lowest BCUT2D eigenvalue weighted by Gasteiger charge is -2.36. The molecule has 11 heteroatoms. The predicted octanol–water partition coefficient (Wildman–Crippen LogP) is 3.69. The van der Waals surface area contributed by atoms with Crippen LogP contribution in [0.5, 0.6) is 0 Å². The maximum atomic E-state index is 13.4. The van der Waals surface area contributed by atoms with Crippen LogP contribution in [-0.2, 0) is 16.1 Å². The molecule has 5 amide bonds. The lowest BCUT2D eigenvalue weighted by Crippen LogP contribution is -2.55. The second-order valence-corrected chi connectivity index (χ2v) is 10.5. The van der Waals surface area contributed by atoms with Crippen LogP contribution in [0.2, 0.25) is 0 Å². The van der Waals surface area contributed by atoms with Crippen molar-refractivity contribution in [3.8, 4) is 0 Å². The first-order valence-corrected chi connectivity index (χ1v) is 12.8. The van der Waals surface area contributed by atoms with Gasteiger partial charge in [-0.3, -0.25) is 24.7 Å². The summed E-state index contributed by atoms with van der Waals surface area (Å²) in [6, 6.07) is 12.4. The summed E-state index contributed by atoms with van der Waals surface area (Å²) in [5.41, 5.74) is 4.82. The minimum Gasteiger partial charge on any atom is -0.445 e. The SMILES string of the molecule is CC(C)(C)OC(=O)NNC(=O)c1ccc2c(c1)C(=O)N([C@@H]1CCCC[C@H]1NC(=O)OCc1ccccc1)C2=O. The molecule has 1 saturated carbocycles. The first-order valence-electron chi connectivity index (χ1n) is 12.8. The van der Waals surface area contributed by atoms with Gasteiger partial charge in [0, 0.05) is 5.56 Å². The molecule has 1 aliphatic heterocycles. The molecule has 2 atom stereocenters. The van der Waals surface area contributed by atoms with Crippen molar-refractivity contribution in [1.29, 1.82) is 0 Å².